The monoisotopic (exact) mass is 491 g/mol. The molecule has 1 saturated heterocycles. The molecular weight excluding hydrogens is 466 g/mol. The molecule has 3 rings (SSSR count). The van der Waals surface area contributed by atoms with Crippen molar-refractivity contribution < 1.29 is 42.9 Å². The zero-order valence-corrected chi connectivity index (χ0v) is 19.9. The summed E-state index contributed by atoms with van der Waals surface area (Å²) in [7, 11) is 0. The molecule has 34 heavy (non-hydrogen) atoms. The predicted molar refractivity (Wildman–Crippen MR) is 120 cm³/mol. The Morgan fingerprint density at radius 1 is 0.853 bits per heavy atom. The Morgan fingerprint density at radius 3 is 2.12 bits per heavy atom. The molecule has 1 fully saturated rings. The third kappa shape index (κ3) is 6.45. The average Bonchev–Trinajstić information content (AvgIpc) is 2.75. The third-order valence-electron chi connectivity index (χ3n) is 4.79. The number of rotatable bonds is 7. The molecule has 0 radical (unpaired) electrons. The predicted octanol–water partition coefficient (Wildman–Crippen LogP) is 2.41. The lowest BCUT2D eigenvalue weighted by molar-refractivity contribution is -0.237. The Hall–Kier alpha value is -3.18. The summed E-state index contributed by atoms with van der Waals surface area (Å²) in [6.45, 7) is 4.52. The van der Waals surface area contributed by atoms with Crippen LogP contribution < -0.4 is 0 Å². The Morgan fingerprint density at radius 2 is 1.47 bits per heavy atom. The van der Waals surface area contributed by atoms with Crippen molar-refractivity contribution in [1.29, 1.82) is 0 Å². The normalized spacial score (nSPS) is 24.2. The number of hydrogen-bond acceptors (Lipinski definition) is 11. The van der Waals surface area contributed by atoms with Gasteiger partial charge in [0, 0.05) is 44.2 Å². The first kappa shape index (κ1) is 25.4. The molecular formula is C23H25NO9S. The first-order valence-corrected chi connectivity index (χ1v) is 11.3. The summed E-state index contributed by atoms with van der Waals surface area (Å²) in [5.41, 5.74) is -0.212. The van der Waals surface area contributed by atoms with Crippen molar-refractivity contribution in [1.82, 2.24) is 4.98 Å². The van der Waals surface area contributed by atoms with Gasteiger partial charge in [0.05, 0.1) is 5.52 Å². The summed E-state index contributed by atoms with van der Waals surface area (Å²) in [6.07, 6.45) is -2.88. The molecule has 0 unspecified atom stereocenters. The van der Waals surface area contributed by atoms with Crippen LogP contribution in [0.1, 0.15) is 27.7 Å². The van der Waals surface area contributed by atoms with Gasteiger partial charge in [-0.1, -0.05) is 30.0 Å². The van der Waals surface area contributed by atoms with Crippen molar-refractivity contribution in [3.63, 3.8) is 0 Å². The number of para-hydroxylation sites is 1. The van der Waals surface area contributed by atoms with Crippen molar-refractivity contribution in [2.45, 2.75) is 62.4 Å². The number of nitrogens with zero attached hydrogens (tertiary/aromatic N) is 1. The van der Waals surface area contributed by atoms with Gasteiger partial charge >= 0.3 is 23.9 Å². The number of pyridine rings is 1. The zero-order chi connectivity index (χ0) is 24.8. The van der Waals surface area contributed by atoms with Gasteiger partial charge in [0.25, 0.3) is 0 Å². The van der Waals surface area contributed by atoms with Crippen LogP contribution in [0.15, 0.2) is 41.4 Å². The maximum atomic E-state index is 12.0. The van der Waals surface area contributed by atoms with Crippen LogP contribution >= 0.6 is 11.8 Å². The molecule has 5 atom stereocenters. The Kier molecular flexibility index (Phi) is 8.46. The maximum absolute atomic E-state index is 12.0. The highest BCUT2D eigenvalue weighted by Crippen LogP contribution is 2.39. The van der Waals surface area contributed by atoms with Crippen LogP contribution in [0, 0.1) is 0 Å². The maximum Gasteiger partial charge on any atom is 0.303 e. The van der Waals surface area contributed by atoms with Gasteiger partial charge in [0.2, 0.25) is 0 Å². The highest BCUT2D eigenvalue weighted by Gasteiger charge is 2.52. The van der Waals surface area contributed by atoms with Crippen LogP contribution in [0.4, 0.5) is 0 Å². The van der Waals surface area contributed by atoms with Gasteiger partial charge in [0.1, 0.15) is 18.1 Å². The number of carbonyl (C=O) groups excluding carboxylic acids is 4. The highest BCUT2D eigenvalue weighted by molar-refractivity contribution is 8.00. The van der Waals surface area contributed by atoms with Crippen LogP contribution in [0.2, 0.25) is 0 Å². The number of fused-ring (bicyclic) bond motifs is 1. The van der Waals surface area contributed by atoms with Crippen molar-refractivity contribution in [2.75, 3.05) is 6.61 Å². The van der Waals surface area contributed by atoms with Crippen LogP contribution in [0.3, 0.4) is 0 Å². The van der Waals surface area contributed by atoms with Gasteiger partial charge in [-0.15, -0.1) is 0 Å². The summed E-state index contributed by atoms with van der Waals surface area (Å²) in [4.78, 5) is 52.3. The molecule has 182 valence electrons. The lowest BCUT2D eigenvalue weighted by atomic mass is 9.99. The minimum Gasteiger partial charge on any atom is -0.463 e. The standard InChI is InChI=1S/C23H25NO9S/c1-12(25)29-11-17-20(30-13(2)26)21(31-14(3)27)22(32-15(4)28)23(33-17)34-18-9-5-7-16-8-6-10-24-19(16)18/h5-10,17,20-23H,11H2,1-4H3/t17-,20-,21+,22-,23-/m1/s1. The van der Waals surface area contributed by atoms with E-state index in [4.69, 9.17) is 23.7 Å². The fourth-order valence-electron chi connectivity index (χ4n) is 3.58. The number of hydrogen-bond donors (Lipinski definition) is 0. The average molecular weight is 492 g/mol. The van der Waals surface area contributed by atoms with E-state index in [9.17, 15) is 19.2 Å². The Bertz CT molecular complexity index is 1070. The quantitative estimate of drug-likeness (QED) is 0.418. The Balaban J connectivity index is 2.03. The van der Waals surface area contributed by atoms with Gasteiger partial charge in [-0.05, 0) is 12.1 Å². The van der Waals surface area contributed by atoms with Crippen molar-refractivity contribution in [2.24, 2.45) is 0 Å². The molecule has 0 bridgehead atoms. The first-order valence-electron chi connectivity index (χ1n) is 10.5. The largest absolute Gasteiger partial charge is 0.463 e. The van der Waals surface area contributed by atoms with E-state index in [0.29, 0.717) is 5.52 Å². The number of esters is 4. The molecule has 0 saturated carbocycles. The summed E-state index contributed by atoms with van der Waals surface area (Å²) in [5, 5.41) is 0.887. The van der Waals surface area contributed by atoms with E-state index in [2.05, 4.69) is 4.98 Å². The first-order chi connectivity index (χ1) is 16.2. The second-order valence-corrected chi connectivity index (χ2v) is 8.66. The molecule has 1 aromatic heterocycles. The lowest BCUT2D eigenvalue weighted by Crippen LogP contribution is -2.61. The van der Waals surface area contributed by atoms with Crippen molar-refractivity contribution >= 4 is 46.5 Å². The lowest BCUT2D eigenvalue weighted by Gasteiger charge is -2.44. The topological polar surface area (TPSA) is 127 Å². The van der Waals surface area contributed by atoms with Crippen LogP contribution in [0.5, 0.6) is 0 Å². The molecule has 0 amide bonds. The summed E-state index contributed by atoms with van der Waals surface area (Å²) >= 11 is 1.20. The minimum atomic E-state index is -1.21. The van der Waals surface area contributed by atoms with E-state index >= 15 is 0 Å². The van der Waals surface area contributed by atoms with E-state index < -0.39 is 53.7 Å². The smallest absolute Gasteiger partial charge is 0.303 e. The fraction of sp³-hybridized carbons (Fsp3) is 0.435. The zero-order valence-electron chi connectivity index (χ0n) is 19.1. The van der Waals surface area contributed by atoms with E-state index in [-0.39, 0.29) is 6.61 Å². The number of ether oxygens (including phenoxy) is 5. The van der Waals surface area contributed by atoms with Gasteiger partial charge in [0.15, 0.2) is 18.3 Å². The molecule has 2 aromatic rings. The van der Waals surface area contributed by atoms with Crippen LogP contribution in [-0.2, 0) is 42.9 Å². The summed E-state index contributed by atoms with van der Waals surface area (Å²) < 4.78 is 27.6. The van der Waals surface area contributed by atoms with Gasteiger partial charge in [-0.25, -0.2) is 0 Å². The molecule has 0 spiro atoms. The number of carbonyl (C=O) groups is 4. The second-order valence-electron chi connectivity index (χ2n) is 7.52. The van der Waals surface area contributed by atoms with Crippen LogP contribution in [-0.4, -0.2) is 65.3 Å². The Labute approximate surface area is 200 Å². The number of aromatic nitrogens is 1. The van der Waals surface area contributed by atoms with Crippen molar-refractivity contribution in [3.05, 3.63) is 36.5 Å². The molecule has 0 aliphatic carbocycles. The molecule has 10 nitrogen and oxygen atoms in total. The third-order valence-corrected chi connectivity index (χ3v) is 5.98. The SMILES string of the molecule is CC(=O)OC[C@H]1O[C@H](Sc2cccc3cccnc23)[C@H](OC(C)=O)[C@@H](OC(C)=O)[C@@H]1OC(C)=O. The molecule has 1 aliphatic heterocycles. The van der Waals surface area contributed by atoms with E-state index in [1.165, 1.54) is 39.5 Å². The van der Waals surface area contributed by atoms with Gasteiger partial charge in [-0.3, -0.25) is 24.2 Å². The van der Waals surface area contributed by atoms with E-state index in [1.54, 1.807) is 6.20 Å². The molecule has 11 heteroatoms. The van der Waals surface area contributed by atoms with E-state index in [0.717, 1.165) is 10.3 Å². The summed E-state index contributed by atoms with van der Waals surface area (Å²) in [6, 6.07) is 9.29. The van der Waals surface area contributed by atoms with Gasteiger partial charge in [-0.2, -0.15) is 0 Å². The van der Waals surface area contributed by atoms with E-state index in [1.807, 2.05) is 30.3 Å². The summed E-state index contributed by atoms with van der Waals surface area (Å²) in [5.74, 6) is -2.57. The van der Waals surface area contributed by atoms with Crippen molar-refractivity contribution in [3.8, 4) is 0 Å². The molecule has 2 heterocycles. The number of benzene rings is 1. The molecule has 1 aliphatic rings. The fourth-order valence-corrected chi connectivity index (χ4v) is 4.81. The number of thioether (sulfide) groups is 1. The highest BCUT2D eigenvalue weighted by atomic mass is 32.2. The van der Waals surface area contributed by atoms with Gasteiger partial charge < -0.3 is 23.7 Å². The molecule has 0 N–H and O–H groups in total. The molecule has 1 aromatic carbocycles. The second kappa shape index (κ2) is 11.3. The minimum absolute atomic E-state index is 0.275. The van der Waals surface area contributed by atoms with Crippen LogP contribution in [0.25, 0.3) is 10.9 Å².